The molecular weight excluding hydrogens is 443 g/mol. The first-order chi connectivity index (χ1) is 15.3. The average Bonchev–Trinajstić information content (AvgIpc) is 3.36. The second-order valence-electron chi connectivity index (χ2n) is 7.95. The molecule has 0 aliphatic carbocycles. The molecule has 172 valence electrons. The molecule has 0 spiro atoms. The van der Waals surface area contributed by atoms with E-state index in [2.05, 4.69) is 14.4 Å². The molecule has 1 N–H and O–H groups in total. The van der Waals surface area contributed by atoms with Gasteiger partial charge < -0.3 is 14.2 Å². The highest BCUT2D eigenvalue weighted by Gasteiger charge is 2.32. The third-order valence-electron chi connectivity index (χ3n) is 5.53. The molecule has 32 heavy (non-hydrogen) atoms. The number of halogens is 3. The lowest BCUT2D eigenvalue weighted by atomic mass is 10.2. The van der Waals surface area contributed by atoms with Crippen LogP contribution in [-0.2, 0) is 22.7 Å². The molecule has 2 aromatic rings. The highest BCUT2D eigenvalue weighted by atomic mass is 32.2. The molecule has 0 saturated carbocycles. The summed E-state index contributed by atoms with van der Waals surface area (Å²) in [6, 6.07) is 13.1. The summed E-state index contributed by atoms with van der Waals surface area (Å²) in [4.78, 5) is 16.1. The number of carbonyl (C=O) groups is 1. The van der Waals surface area contributed by atoms with Crippen LogP contribution in [0.1, 0.15) is 24.8 Å². The van der Waals surface area contributed by atoms with E-state index in [9.17, 15) is 22.5 Å². The Kier molecular flexibility index (Phi) is 6.94. The zero-order valence-electron chi connectivity index (χ0n) is 17.3. The SMILES string of the molecule is O=C1CCCN1c1ccc(CN2CC[C@@H](N[S+]([O-])c3cccc(OC(F)(F)F)c3)C2)cc1. The number of ether oxygens (including phenoxy) is 1. The maximum absolute atomic E-state index is 12.6. The molecule has 2 atom stereocenters. The van der Waals surface area contributed by atoms with Crippen molar-refractivity contribution in [3.8, 4) is 5.75 Å². The van der Waals surface area contributed by atoms with Crippen LogP contribution in [0, 0.1) is 0 Å². The third-order valence-corrected chi connectivity index (χ3v) is 6.76. The van der Waals surface area contributed by atoms with Crippen molar-refractivity contribution in [2.45, 2.75) is 43.1 Å². The van der Waals surface area contributed by atoms with Gasteiger partial charge in [-0.15, -0.1) is 17.9 Å². The predicted octanol–water partition coefficient (Wildman–Crippen LogP) is 3.60. The minimum atomic E-state index is -4.79. The number of nitrogens with zero attached hydrogens (tertiary/aromatic N) is 2. The van der Waals surface area contributed by atoms with Gasteiger partial charge in [0.1, 0.15) is 5.75 Å². The highest BCUT2D eigenvalue weighted by molar-refractivity contribution is 7.89. The van der Waals surface area contributed by atoms with Gasteiger partial charge in [-0.1, -0.05) is 18.2 Å². The molecule has 2 heterocycles. The van der Waals surface area contributed by atoms with Gasteiger partial charge in [0.05, 0.1) is 17.4 Å². The van der Waals surface area contributed by atoms with E-state index >= 15 is 0 Å². The smallest absolute Gasteiger partial charge is 0.573 e. The van der Waals surface area contributed by atoms with E-state index in [0.717, 1.165) is 49.8 Å². The van der Waals surface area contributed by atoms with E-state index in [-0.39, 0.29) is 16.8 Å². The van der Waals surface area contributed by atoms with Gasteiger partial charge in [-0.2, -0.15) is 0 Å². The fraction of sp³-hybridized carbons (Fsp3) is 0.409. The van der Waals surface area contributed by atoms with Crippen LogP contribution < -0.4 is 14.4 Å². The van der Waals surface area contributed by atoms with Gasteiger partial charge in [-0.3, -0.25) is 9.69 Å². The van der Waals surface area contributed by atoms with Gasteiger partial charge in [-0.25, -0.2) is 0 Å². The van der Waals surface area contributed by atoms with E-state index in [1.54, 1.807) is 0 Å². The molecule has 2 saturated heterocycles. The van der Waals surface area contributed by atoms with Crippen molar-refractivity contribution in [3.63, 3.8) is 0 Å². The van der Waals surface area contributed by atoms with Crippen LogP contribution >= 0.6 is 0 Å². The summed E-state index contributed by atoms with van der Waals surface area (Å²) in [6.07, 6.45) is -2.51. The molecule has 0 aromatic heterocycles. The van der Waals surface area contributed by atoms with Crippen LogP contribution in [0.15, 0.2) is 53.4 Å². The van der Waals surface area contributed by atoms with Crippen molar-refractivity contribution in [1.29, 1.82) is 0 Å². The summed E-state index contributed by atoms with van der Waals surface area (Å²) in [5.41, 5.74) is 2.04. The van der Waals surface area contributed by atoms with Gasteiger partial charge in [0.2, 0.25) is 5.91 Å². The molecule has 2 aliphatic heterocycles. The average molecular weight is 468 g/mol. The number of rotatable bonds is 7. The lowest BCUT2D eigenvalue weighted by Gasteiger charge is -2.19. The number of carbonyl (C=O) groups excluding carboxylic acids is 1. The lowest BCUT2D eigenvalue weighted by molar-refractivity contribution is -0.274. The maximum Gasteiger partial charge on any atom is 0.573 e. The lowest BCUT2D eigenvalue weighted by Crippen LogP contribution is -2.37. The van der Waals surface area contributed by atoms with Crippen molar-refractivity contribution in [3.05, 3.63) is 54.1 Å². The van der Waals surface area contributed by atoms with Crippen molar-refractivity contribution < 1.29 is 27.3 Å². The molecular formula is C22H24F3N3O3S. The Morgan fingerprint density at radius 2 is 1.94 bits per heavy atom. The standard InChI is InChI=1S/C22H24F3N3O3S/c23-22(24,25)31-19-3-1-4-20(13-19)32(30)26-17-10-12-27(15-17)14-16-6-8-18(9-7-16)28-11-2-5-21(28)29/h1,3-4,6-9,13,17,26H,2,5,10-12,14-15H2/t17-,32?/m1/s1. The number of likely N-dealkylation sites (tertiary alicyclic amines) is 1. The summed E-state index contributed by atoms with van der Waals surface area (Å²) >= 11 is -1.64. The van der Waals surface area contributed by atoms with Gasteiger partial charge in [0, 0.05) is 44.4 Å². The molecule has 0 radical (unpaired) electrons. The number of hydrogen-bond acceptors (Lipinski definition) is 5. The first kappa shape index (κ1) is 22.9. The van der Waals surface area contributed by atoms with Crippen molar-refractivity contribution in [2.75, 3.05) is 24.5 Å². The van der Waals surface area contributed by atoms with Gasteiger partial charge in [-0.05, 0) is 42.7 Å². The summed E-state index contributed by atoms with van der Waals surface area (Å²) < 4.78 is 56.7. The summed E-state index contributed by atoms with van der Waals surface area (Å²) in [5, 5.41) is 0. The van der Waals surface area contributed by atoms with Crippen LogP contribution in [0.5, 0.6) is 5.75 Å². The van der Waals surface area contributed by atoms with E-state index in [4.69, 9.17) is 0 Å². The topological polar surface area (TPSA) is 67.9 Å². The molecule has 2 aromatic carbocycles. The number of hydrogen-bond donors (Lipinski definition) is 1. The Morgan fingerprint density at radius 3 is 2.62 bits per heavy atom. The van der Waals surface area contributed by atoms with Crippen molar-refractivity contribution >= 4 is 23.0 Å². The van der Waals surface area contributed by atoms with E-state index in [1.807, 2.05) is 29.2 Å². The normalized spacial score (nSPS) is 20.7. The van der Waals surface area contributed by atoms with Gasteiger partial charge in [0.15, 0.2) is 4.90 Å². The van der Waals surface area contributed by atoms with Gasteiger partial charge in [0.25, 0.3) is 0 Å². The van der Waals surface area contributed by atoms with Crippen molar-refractivity contribution in [1.82, 2.24) is 9.62 Å². The predicted molar refractivity (Wildman–Crippen MR) is 114 cm³/mol. The summed E-state index contributed by atoms with van der Waals surface area (Å²) in [6.45, 7) is 2.99. The molecule has 4 rings (SSSR count). The Labute approximate surface area is 187 Å². The molecule has 6 nitrogen and oxygen atoms in total. The fourth-order valence-electron chi connectivity index (χ4n) is 4.04. The Bertz CT molecular complexity index is 942. The van der Waals surface area contributed by atoms with Crippen LogP contribution in [-0.4, -0.2) is 47.4 Å². The molecule has 2 aliphatic rings. The molecule has 2 fully saturated rings. The Balaban J connectivity index is 1.28. The van der Waals surface area contributed by atoms with E-state index in [0.29, 0.717) is 13.0 Å². The first-order valence-electron chi connectivity index (χ1n) is 10.4. The second kappa shape index (κ2) is 9.70. The number of alkyl halides is 3. The second-order valence-corrected chi connectivity index (χ2v) is 9.19. The van der Waals surface area contributed by atoms with Crippen LogP contribution in [0.3, 0.4) is 0 Å². The quantitative estimate of drug-likeness (QED) is 0.631. The largest absolute Gasteiger partial charge is 0.593 e. The van der Waals surface area contributed by atoms with Crippen LogP contribution in [0.2, 0.25) is 0 Å². The Morgan fingerprint density at radius 1 is 1.16 bits per heavy atom. The number of nitrogens with one attached hydrogen (secondary N) is 1. The number of anilines is 1. The highest BCUT2D eigenvalue weighted by Crippen LogP contribution is 2.26. The van der Waals surface area contributed by atoms with Crippen LogP contribution in [0.4, 0.5) is 18.9 Å². The summed E-state index contributed by atoms with van der Waals surface area (Å²) in [7, 11) is 0. The number of amides is 1. The minimum Gasteiger partial charge on any atom is -0.593 e. The minimum absolute atomic E-state index is 0.0375. The molecule has 10 heteroatoms. The van der Waals surface area contributed by atoms with Crippen LogP contribution in [0.25, 0.3) is 0 Å². The van der Waals surface area contributed by atoms with E-state index < -0.39 is 23.5 Å². The van der Waals surface area contributed by atoms with E-state index in [1.165, 1.54) is 18.2 Å². The Hall–Kier alpha value is -2.27. The van der Waals surface area contributed by atoms with Crippen molar-refractivity contribution in [2.24, 2.45) is 0 Å². The molecule has 0 bridgehead atoms. The zero-order valence-corrected chi connectivity index (χ0v) is 18.1. The molecule has 1 amide bonds. The molecule has 1 unspecified atom stereocenters. The third kappa shape index (κ3) is 5.94. The fourth-order valence-corrected chi connectivity index (χ4v) is 5.10. The monoisotopic (exact) mass is 467 g/mol. The first-order valence-corrected chi connectivity index (χ1v) is 11.6. The summed E-state index contributed by atoms with van der Waals surface area (Å²) in [5.74, 6) is -0.230. The maximum atomic E-state index is 12.6. The van der Waals surface area contributed by atoms with Gasteiger partial charge >= 0.3 is 6.36 Å². The zero-order chi connectivity index (χ0) is 22.7. The number of benzene rings is 2.